The van der Waals surface area contributed by atoms with Gasteiger partial charge in [-0.3, -0.25) is 9.59 Å². The third-order valence-electron chi connectivity index (χ3n) is 4.50. The predicted octanol–water partition coefficient (Wildman–Crippen LogP) is 4.28. The maximum atomic E-state index is 13.3. The van der Waals surface area contributed by atoms with Crippen molar-refractivity contribution in [1.29, 1.82) is 0 Å². The van der Waals surface area contributed by atoms with Gasteiger partial charge < -0.3 is 15.0 Å². The quantitative estimate of drug-likeness (QED) is 0.590. The maximum Gasteiger partial charge on any atom is 0.417 e. The van der Waals surface area contributed by atoms with E-state index in [2.05, 4.69) is 5.32 Å². The summed E-state index contributed by atoms with van der Waals surface area (Å²) in [4.78, 5) is 25.0. The highest BCUT2D eigenvalue weighted by molar-refractivity contribution is 6.09. The number of nitrogens with one attached hydrogen (secondary N) is 1. The molecule has 1 aromatic heterocycles. The van der Waals surface area contributed by atoms with Crippen LogP contribution in [0, 0.1) is 0 Å². The van der Waals surface area contributed by atoms with Gasteiger partial charge in [0.05, 0.1) is 23.3 Å². The van der Waals surface area contributed by atoms with Crippen molar-refractivity contribution in [3.05, 3.63) is 75.7 Å². The van der Waals surface area contributed by atoms with Crippen LogP contribution in [0.15, 0.2) is 53.5 Å². The molecule has 0 saturated heterocycles. The molecular weight excluding hydrogens is 430 g/mol. The first-order chi connectivity index (χ1) is 14.4. The van der Waals surface area contributed by atoms with Gasteiger partial charge in [-0.05, 0) is 36.4 Å². The lowest BCUT2D eigenvalue weighted by molar-refractivity contribution is -0.143. The Balaban J connectivity index is 2.05. The van der Waals surface area contributed by atoms with E-state index in [9.17, 15) is 35.9 Å². The Bertz CT molecular complexity index is 1200. The number of halogens is 6. The molecule has 3 aromatic rings. The zero-order valence-electron chi connectivity index (χ0n) is 15.5. The Morgan fingerprint density at radius 1 is 0.968 bits per heavy atom. The number of fused-ring (bicyclic) bond motifs is 1. The van der Waals surface area contributed by atoms with Crippen molar-refractivity contribution in [3.63, 3.8) is 0 Å². The average molecular weight is 444 g/mol. The first kappa shape index (κ1) is 22.3. The van der Waals surface area contributed by atoms with Crippen LogP contribution in [0.3, 0.4) is 0 Å². The Kier molecular flexibility index (Phi) is 5.81. The molecule has 0 aliphatic rings. The SMILES string of the molecule is O=C(Nc1cccc2c(=O)n(CCO)ccc12)c1ccc(C(F)(F)F)cc1C(F)(F)F. The summed E-state index contributed by atoms with van der Waals surface area (Å²) in [6.45, 7) is -0.276. The first-order valence-corrected chi connectivity index (χ1v) is 8.76. The van der Waals surface area contributed by atoms with E-state index < -0.39 is 40.5 Å². The smallest absolute Gasteiger partial charge is 0.395 e. The lowest BCUT2D eigenvalue weighted by atomic mass is 10.0. The number of rotatable bonds is 4. The van der Waals surface area contributed by atoms with Crippen LogP contribution in [0.2, 0.25) is 0 Å². The number of pyridine rings is 1. The molecule has 3 rings (SSSR count). The highest BCUT2D eigenvalue weighted by Crippen LogP contribution is 2.37. The summed E-state index contributed by atoms with van der Waals surface area (Å²) in [5.41, 5.74) is -4.75. The Labute approximate surface area is 170 Å². The van der Waals surface area contributed by atoms with E-state index in [0.29, 0.717) is 12.1 Å². The molecule has 1 amide bonds. The zero-order valence-corrected chi connectivity index (χ0v) is 15.5. The second-order valence-corrected chi connectivity index (χ2v) is 6.51. The van der Waals surface area contributed by atoms with Gasteiger partial charge >= 0.3 is 12.4 Å². The fraction of sp³-hybridized carbons (Fsp3) is 0.200. The molecule has 2 N–H and O–H groups in total. The molecule has 0 atom stereocenters. The van der Waals surface area contributed by atoms with Gasteiger partial charge in [-0.1, -0.05) is 6.07 Å². The maximum absolute atomic E-state index is 13.3. The summed E-state index contributed by atoms with van der Waals surface area (Å²) < 4.78 is 79.7. The van der Waals surface area contributed by atoms with E-state index in [-0.39, 0.29) is 35.7 Å². The Hall–Kier alpha value is -3.34. The predicted molar refractivity (Wildman–Crippen MR) is 99.7 cm³/mol. The van der Waals surface area contributed by atoms with Gasteiger partial charge in [0.15, 0.2) is 0 Å². The van der Waals surface area contributed by atoms with Crippen LogP contribution < -0.4 is 10.9 Å². The number of anilines is 1. The van der Waals surface area contributed by atoms with E-state index in [1.165, 1.54) is 35.0 Å². The van der Waals surface area contributed by atoms with Gasteiger partial charge in [0.1, 0.15) is 0 Å². The summed E-state index contributed by atoms with van der Waals surface area (Å²) >= 11 is 0. The zero-order chi connectivity index (χ0) is 23.0. The highest BCUT2D eigenvalue weighted by atomic mass is 19.4. The van der Waals surface area contributed by atoms with Gasteiger partial charge in [-0.25, -0.2) is 0 Å². The molecule has 0 fully saturated rings. The minimum absolute atomic E-state index is 0.00349. The van der Waals surface area contributed by atoms with Crippen LogP contribution in [0.25, 0.3) is 10.8 Å². The van der Waals surface area contributed by atoms with Crippen molar-refractivity contribution in [2.75, 3.05) is 11.9 Å². The molecule has 2 aromatic carbocycles. The Morgan fingerprint density at radius 2 is 1.68 bits per heavy atom. The van der Waals surface area contributed by atoms with Crippen molar-refractivity contribution < 1.29 is 36.2 Å². The number of alkyl halides is 6. The van der Waals surface area contributed by atoms with Crippen LogP contribution >= 0.6 is 0 Å². The number of hydrogen-bond donors (Lipinski definition) is 2. The molecule has 0 spiro atoms. The summed E-state index contributed by atoms with van der Waals surface area (Å²) in [6.07, 6.45) is -8.88. The van der Waals surface area contributed by atoms with Gasteiger partial charge in [0.25, 0.3) is 11.5 Å². The summed E-state index contributed by atoms with van der Waals surface area (Å²) in [6, 6.07) is 6.32. The third kappa shape index (κ3) is 4.55. The van der Waals surface area contributed by atoms with E-state index in [0.717, 1.165) is 0 Å². The van der Waals surface area contributed by atoms with Crippen molar-refractivity contribution >= 4 is 22.4 Å². The molecule has 0 saturated carbocycles. The molecule has 164 valence electrons. The van der Waals surface area contributed by atoms with Crippen molar-refractivity contribution in [2.24, 2.45) is 0 Å². The lowest BCUT2D eigenvalue weighted by Gasteiger charge is -2.16. The number of aromatic nitrogens is 1. The number of benzene rings is 2. The number of carbonyl (C=O) groups excluding carboxylic acids is 1. The molecule has 0 aliphatic heterocycles. The molecule has 0 radical (unpaired) electrons. The second kappa shape index (κ2) is 8.06. The topological polar surface area (TPSA) is 71.3 Å². The average Bonchev–Trinajstić information content (AvgIpc) is 2.69. The van der Waals surface area contributed by atoms with Gasteiger partial charge in [0.2, 0.25) is 0 Å². The Morgan fingerprint density at radius 3 is 2.29 bits per heavy atom. The molecule has 31 heavy (non-hydrogen) atoms. The third-order valence-corrected chi connectivity index (χ3v) is 4.50. The van der Waals surface area contributed by atoms with Gasteiger partial charge in [-0.2, -0.15) is 26.3 Å². The minimum Gasteiger partial charge on any atom is -0.395 e. The molecular formula is C20H14F6N2O3. The van der Waals surface area contributed by atoms with Gasteiger partial charge in [0, 0.05) is 29.2 Å². The summed E-state index contributed by atoms with van der Waals surface area (Å²) in [7, 11) is 0. The number of aliphatic hydroxyl groups is 1. The normalized spacial score (nSPS) is 12.2. The van der Waals surface area contributed by atoms with Gasteiger partial charge in [-0.15, -0.1) is 0 Å². The van der Waals surface area contributed by atoms with Crippen LogP contribution in [0.4, 0.5) is 32.0 Å². The first-order valence-electron chi connectivity index (χ1n) is 8.76. The van der Waals surface area contributed by atoms with Crippen LogP contribution in [0.1, 0.15) is 21.5 Å². The molecule has 5 nitrogen and oxygen atoms in total. The second-order valence-electron chi connectivity index (χ2n) is 6.51. The standard InChI is InChI=1S/C20H14F6N2O3/c21-19(22,23)11-4-5-14(15(10-11)20(24,25)26)17(30)27-16-3-1-2-13-12(16)6-7-28(8-9-29)18(13)31/h1-7,10,29H,8-9H2,(H,27,30). The van der Waals surface area contributed by atoms with Crippen molar-refractivity contribution in [1.82, 2.24) is 4.57 Å². The largest absolute Gasteiger partial charge is 0.417 e. The van der Waals surface area contributed by atoms with E-state index in [1.807, 2.05) is 0 Å². The van der Waals surface area contributed by atoms with E-state index >= 15 is 0 Å². The minimum atomic E-state index is -5.20. The highest BCUT2D eigenvalue weighted by Gasteiger charge is 2.39. The number of carbonyl (C=O) groups is 1. The number of hydrogen-bond acceptors (Lipinski definition) is 3. The monoisotopic (exact) mass is 444 g/mol. The lowest BCUT2D eigenvalue weighted by Crippen LogP contribution is -2.22. The molecule has 11 heteroatoms. The van der Waals surface area contributed by atoms with Crippen molar-refractivity contribution in [2.45, 2.75) is 18.9 Å². The van der Waals surface area contributed by atoms with Crippen LogP contribution in [-0.2, 0) is 18.9 Å². The summed E-state index contributed by atoms with van der Waals surface area (Å²) in [5, 5.41) is 11.6. The molecule has 0 unspecified atom stereocenters. The van der Waals surface area contributed by atoms with Crippen LogP contribution in [-0.4, -0.2) is 22.2 Å². The fourth-order valence-corrected chi connectivity index (χ4v) is 3.05. The van der Waals surface area contributed by atoms with Crippen LogP contribution in [0.5, 0.6) is 0 Å². The number of nitrogens with zero attached hydrogens (tertiary/aromatic N) is 1. The van der Waals surface area contributed by atoms with E-state index in [4.69, 9.17) is 5.11 Å². The molecule has 0 bridgehead atoms. The fourth-order valence-electron chi connectivity index (χ4n) is 3.05. The van der Waals surface area contributed by atoms with Crippen molar-refractivity contribution in [3.8, 4) is 0 Å². The molecule has 1 heterocycles. The number of amides is 1. The van der Waals surface area contributed by atoms with E-state index in [1.54, 1.807) is 0 Å². The summed E-state index contributed by atoms with van der Waals surface area (Å²) in [5.74, 6) is -1.28. The number of aliphatic hydroxyl groups excluding tert-OH is 1. The molecule has 0 aliphatic carbocycles.